The zero-order valence-corrected chi connectivity index (χ0v) is 17.6. The van der Waals surface area contributed by atoms with Gasteiger partial charge in [-0.3, -0.25) is 4.99 Å². The first kappa shape index (κ1) is 20.7. The van der Waals surface area contributed by atoms with E-state index in [0.29, 0.717) is 12.4 Å². The Labute approximate surface area is 158 Å². The molecule has 0 radical (unpaired) electrons. The quantitative estimate of drug-likeness (QED) is 0.621. The van der Waals surface area contributed by atoms with Crippen molar-refractivity contribution < 1.29 is 4.42 Å². The molecule has 148 valence electrons. The molecular formula is C20H37N5O. The molecule has 6 nitrogen and oxygen atoms in total. The van der Waals surface area contributed by atoms with Crippen LogP contribution in [-0.4, -0.2) is 49.1 Å². The minimum atomic E-state index is -0.0268. The molecule has 1 aromatic rings. The van der Waals surface area contributed by atoms with Crippen LogP contribution in [0, 0.1) is 5.92 Å². The maximum atomic E-state index is 5.84. The van der Waals surface area contributed by atoms with Crippen LogP contribution in [0.2, 0.25) is 0 Å². The zero-order chi connectivity index (χ0) is 19.4. The fraction of sp³-hybridized carbons (Fsp3) is 0.800. The van der Waals surface area contributed by atoms with E-state index in [4.69, 9.17) is 4.42 Å². The van der Waals surface area contributed by atoms with Crippen LogP contribution in [0.4, 0.5) is 0 Å². The highest BCUT2D eigenvalue weighted by atomic mass is 16.4. The van der Waals surface area contributed by atoms with Gasteiger partial charge < -0.3 is 20.0 Å². The molecule has 1 heterocycles. The summed E-state index contributed by atoms with van der Waals surface area (Å²) < 4.78 is 5.84. The molecule has 2 N–H and O–H groups in total. The van der Waals surface area contributed by atoms with Crippen molar-refractivity contribution in [3.8, 4) is 0 Å². The van der Waals surface area contributed by atoms with Crippen molar-refractivity contribution in [2.75, 3.05) is 27.7 Å². The Morgan fingerprint density at radius 3 is 2.65 bits per heavy atom. The molecule has 0 amide bonds. The van der Waals surface area contributed by atoms with E-state index in [0.717, 1.165) is 24.2 Å². The summed E-state index contributed by atoms with van der Waals surface area (Å²) in [5, 5.41) is 6.84. The molecule has 2 rings (SSSR count). The van der Waals surface area contributed by atoms with E-state index in [9.17, 15) is 0 Å². The normalized spacial score (nSPS) is 24.8. The molecule has 1 aliphatic carbocycles. The summed E-state index contributed by atoms with van der Waals surface area (Å²) >= 11 is 0. The van der Waals surface area contributed by atoms with E-state index in [-0.39, 0.29) is 11.0 Å². The topological polar surface area (TPSA) is 65.7 Å². The number of guanidine groups is 1. The molecule has 1 aromatic heterocycles. The SMILES string of the molecule is CN=C(NCc1ncc(C(C)(C)C)o1)NCC1(N(C)C)CCCC(C)C1. The zero-order valence-electron chi connectivity index (χ0n) is 17.6. The van der Waals surface area contributed by atoms with Gasteiger partial charge in [0.25, 0.3) is 0 Å². The minimum absolute atomic E-state index is 0.0268. The molecule has 1 aliphatic rings. The van der Waals surface area contributed by atoms with E-state index in [1.807, 2.05) is 6.20 Å². The predicted molar refractivity (Wildman–Crippen MR) is 107 cm³/mol. The minimum Gasteiger partial charge on any atom is -0.443 e. The Morgan fingerprint density at radius 1 is 1.38 bits per heavy atom. The second kappa shape index (κ2) is 8.42. The van der Waals surface area contributed by atoms with Gasteiger partial charge >= 0.3 is 0 Å². The molecule has 1 saturated carbocycles. The van der Waals surface area contributed by atoms with E-state index in [1.165, 1.54) is 25.7 Å². The van der Waals surface area contributed by atoms with Crippen molar-refractivity contribution in [2.24, 2.45) is 10.9 Å². The average molecular weight is 364 g/mol. The Hall–Kier alpha value is -1.56. The lowest BCUT2D eigenvalue weighted by molar-refractivity contribution is 0.0795. The molecule has 6 heteroatoms. The second-order valence-corrected chi connectivity index (χ2v) is 8.97. The first-order chi connectivity index (χ1) is 12.2. The van der Waals surface area contributed by atoms with E-state index >= 15 is 0 Å². The molecule has 1 fully saturated rings. The highest BCUT2D eigenvalue weighted by Crippen LogP contribution is 2.35. The molecule has 0 bridgehead atoms. The molecule has 2 unspecified atom stereocenters. The highest BCUT2D eigenvalue weighted by Gasteiger charge is 2.36. The van der Waals surface area contributed by atoms with Gasteiger partial charge in [-0.1, -0.05) is 40.5 Å². The lowest BCUT2D eigenvalue weighted by atomic mass is 9.75. The standard InChI is InChI=1S/C20H37N5O/c1-15-9-8-10-20(11-15,25(6)7)14-24-18(21-5)23-13-17-22-12-16(26-17)19(2,3)4/h12,15H,8-11,13-14H2,1-7H3,(H2,21,23,24). The van der Waals surface area contributed by atoms with Crippen LogP contribution in [0.15, 0.2) is 15.6 Å². The van der Waals surface area contributed by atoms with Crippen LogP contribution in [0.5, 0.6) is 0 Å². The summed E-state index contributed by atoms with van der Waals surface area (Å²) in [7, 11) is 6.19. The smallest absolute Gasteiger partial charge is 0.213 e. The van der Waals surface area contributed by atoms with E-state index in [1.54, 1.807) is 7.05 Å². The number of hydrogen-bond donors (Lipinski definition) is 2. The van der Waals surface area contributed by atoms with Crippen molar-refractivity contribution in [1.82, 2.24) is 20.5 Å². The molecule has 2 atom stereocenters. The van der Waals surface area contributed by atoms with Gasteiger partial charge in [-0.25, -0.2) is 4.98 Å². The molecule has 0 aromatic carbocycles. The van der Waals surface area contributed by atoms with Gasteiger partial charge in [-0.15, -0.1) is 0 Å². The lowest BCUT2D eigenvalue weighted by Crippen LogP contribution is -2.56. The van der Waals surface area contributed by atoms with Gasteiger partial charge in [0.2, 0.25) is 5.89 Å². The van der Waals surface area contributed by atoms with Crippen molar-refractivity contribution in [3.63, 3.8) is 0 Å². The summed E-state index contributed by atoms with van der Waals surface area (Å²) in [5.41, 5.74) is 0.165. The Kier molecular flexibility index (Phi) is 6.72. The summed E-state index contributed by atoms with van der Waals surface area (Å²) in [6.07, 6.45) is 6.89. The third-order valence-corrected chi connectivity index (χ3v) is 5.52. The van der Waals surface area contributed by atoms with Gasteiger partial charge in [-0.05, 0) is 32.9 Å². The maximum absolute atomic E-state index is 5.84. The Morgan fingerprint density at radius 2 is 2.12 bits per heavy atom. The van der Waals surface area contributed by atoms with Crippen molar-refractivity contribution >= 4 is 5.96 Å². The predicted octanol–water partition coefficient (Wildman–Crippen LogP) is 3.15. The number of oxazole rings is 1. The lowest BCUT2D eigenvalue weighted by Gasteiger charge is -2.45. The molecule has 26 heavy (non-hydrogen) atoms. The van der Waals surface area contributed by atoms with Crippen LogP contribution < -0.4 is 10.6 Å². The van der Waals surface area contributed by atoms with Crippen molar-refractivity contribution in [1.29, 1.82) is 0 Å². The van der Waals surface area contributed by atoms with Gasteiger partial charge in [0, 0.05) is 24.5 Å². The van der Waals surface area contributed by atoms with E-state index in [2.05, 4.69) is 67.3 Å². The average Bonchev–Trinajstić information content (AvgIpc) is 3.04. The largest absolute Gasteiger partial charge is 0.443 e. The third-order valence-electron chi connectivity index (χ3n) is 5.52. The van der Waals surface area contributed by atoms with Crippen LogP contribution in [0.25, 0.3) is 0 Å². The van der Waals surface area contributed by atoms with Crippen LogP contribution in [0.3, 0.4) is 0 Å². The number of hydrogen-bond acceptors (Lipinski definition) is 4. The first-order valence-corrected chi connectivity index (χ1v) is 9.73. The van der Waals surface area contributed by atoms with Crippen LogP contribution in [0.1, 0.15) is 65.0 Å². The van der Waals surface area contributed by atoms with Gasteiger partial charge in [0.05, 0.1) is 12.7 Å². The molecule has 0 spiro atoms. The Balaban J connectivity index is 1.92. The molecule has 0 saturated heterocycles. The van der Waals surface area contributed by atoms with Gasteiger partial charge in [0.15, 0.2) is 5.96 Å². The number of aromatic nitrogens is 1. The fourth-order valence-corrected chi connectivity index (χ4v) is 3.72. The number of nitrogens with one attached hydrogen (secondary N) is 2. The molecular weight excluding hydrogens is 326 g/mol. The highest BCUT2D eigenvalue weighted by molar-refractivity contribution is 5.79. The number of nitrogens with zero attached hydrogens (tertiary/aromatic N) is 3. The van der Waals surface area contributed by atoms with Crippen LogP contribution >= 0.6 is 0 Å². The van der Waals surface area contributed by atoms with Gasteiger partial charge in [-0.2, -0.15) is 0 Å². The number of rotatable bonds is 5. The number of likely N-dealkylation sites (N-methyl/N-ethyl adjacent to an activating group) is 1. The first-order valence-electron chi connectivity index (χ1n) is 9.73. The monoisotopic (exact) mass is 363 g/mol. The number of aliphatic imine (C=N–C) groups is 1. The summed E-state index contributed by atoms with van der Waals surface area (Å²) in [5.74, 6) is 3.15. The van der Waals surface area contributed by atoms with E-state index < -0.39 is 0 Å². The summed E-state index contributed by atoms with van der Waals surface area (Å²) in [6, 6.07) is 0. The third kappa shape index (κ3) is 5.22. The van der Waals surface area contributed by atoms with Crippen LogP contribution in [-0.2, 0) is 12.0 Å². The van der Waals surface area contributed by atoms with Crippen molar-refractivity contribution in [2.45, 2.75) is 70.9 Å². The van der Waals surface area contributed by atoms with Gasteiger partial charge in [0.1, 0.15) is 5.76 Å². The summed E-state index contributed by atoms with van der Waals surface area (Å²) in [6.45, 7) is 10.1. The maximum Gasteiger partial charge on any atom is 0.213 e. The molecule has 0 aliphatic heterocycles. The summed E-state index contributed by atoms with van der Waals surface area (Å²) in [4.78, 5) is 11.1. The van der Waals surface area contributed by atoms with Crippen molar-refractivity contribution in [3.05, 3.63) is 17.8 Å². The fourth-order valence-electron chi connectivity index (χ4n) is 3.72. The second-order valence-electron chi connectivity index (χ2n) is 8.97. The Bertz CT molecular complexity index is 602.